The number of pyridine rings is 1. The highest BCUT2D eigenvalue weighted by atomic mass is 19.1. The van der Waals surface area contributed by atoms with Gasteiger partial charge in [0.2, 0.25) is 0 Å². The average Bonchev–Trinajstić information content (AvgIpc) is 2.70. The molecular formula is C21H21FN4O. The first-order valence-corrected chi connectivity index (χ1v) is 9.17. The highest BCUT2D eigenvalue weighted by Gasteiger charge is 2.23. The zero-order chi connectivity index (χ0) is 18.6. The van der Waals surface area contributed by atoms with E-state index < -0.39 is 0 Å². The summed E-state index contributed by atoms with van der Waals surface area (Å²) in [4.78, 5) is 26.0. The third-order valence-electron chi connectivity index (χ3n) is 5.03. The van der Waals surface area contributed by atoms with Gasteiger partial charge in [-0.1, -0.05) is 24.3 Å². The van der Waals surface area contributed by atoms with E-state index in [4.69, 9.17) is 0 Å². The van der Waals surface area contributed by atoms with Crippen LogP contribution in [0.5, 0.6) is 0 Å². The van der Waals surface area contributed by atoms with Gasteiger partial charge >= 0.3 is 0 Å². The summed E-state index contributed by atoms with van der Waals surface area (Å²) in [5.41, 5.74) is 2.04. The molecule has 1 fully saturated rings. The summed E-state index contributed by atoms with van der Waals surface area (Å²) in [5.74, 6) is 0.578. The van der Waals surface area contributed by atoms with Gasteiger partial charge in [0.15, 0.2) is 5.82 Å². The van der Waals surface area contributed by atoms with E-state index in [1.165, 1.54) is 6.07 Å². The molecular weight excluding hydrogens is 343 g/mol. The summed E-state index contributed by atoms with van der Waals surface area (Å²) in [6, 6.07) is 14.0. The molecule has 1 aromatic carbocycles. The molecule has 0 radical (unpaired) electrons. The normalized spacial score (nSPS) is 15.7. The zero-order valence-corrected chi connectivity index (χ0v) is 14.9. The quantitative estimate of drug-likeness (QED) is 0.771. The predicted octanol–water partition coefficient (Wildman–Crippen LogP) is 3.35. The molecule has 1 aliphatic heterocycles. The van der Waals surface area contributed by atoms with Crippen molar-refractivity contribution >= 4 is 0 Å². The van der Waals surface area contributed by atoms with Crippen LogP contribution in [0.2, 0.25) is 0 Å². The van der Waals surface area contributed by atoms with Crippen LogP contribution in [0.1, 0.15) is 30.0 Å². The topological polar surface area (TPSA) is 61.9 Å². The van der Waals surface area contributed by atoms with Crippen LogP contribution in [0, 0.1) is 5.82 Å². The number of hydrogen-bond donors (Lipinski definition) is 1. The van der Waals surface area contributed by atoms with Gasteiger partial charge < -0.3 is 4.98 Å². The Morgan fingerprint density at radius 1 is 1.11 bits per heavy atom. The SMILES string of the molecule is O=c1cc(C2CCN(Cc3ccccc3F)CC2)nc(-c2ccccn2)[nH]1. The fraction of sp³-hybridized carbons (Fsp3) is 0.286. The molecule has 0 bridgehead atoms. The molecule has 0 saturated carbocycles. The molecule has 1 N–H and O–H groups in total. The molecule has 0 spiro atoms. The lowest BCUT2D eigenvalue weighted by Gasteiger charge is -2.31. The molecule has 4 rings (SSSR count). The van der Waals surface area contributed by atoms with Crippen molar-refractivity contribution in [3.05, 3.63) is 82.2 Å². The lowest BCUT2D eigenvalue weighted by Crippen LogP contribution is -2.33. The van der Waals surface area contributed by atoms with E-state index in [1.54, 1.807) is 18.3 Å². The lowest BCUT2D eigenvalue weighted by atomic mass is 9.93. The Morgan fingerprint density at radius 3 is 2.63 bits per heavy atom. The monoisotopic (exact) mass is 364 g/mol. The Labute approximate surface area is 156 Å². The van der Waals surface area contributed by atoms with Crippen LogP contribution in [0.4, 0.5) is 4.39 Å². The van der Waals surface area contributed by atoms with Crippen LogP contribution in [0.15, 0.2) is 59.5 Å². The van der Waals surface area contributed by atoms with E-state index in [0.29, 0.717) is 18.1 Å². The molecule has 1 saturated heterocycles. The number of rotatable bonds is 4. The first-order chi connectivity index (χ1) is 13.2. The number of aromatic nitrogens is 3. The average molecular weight is 364 g/mol. The predicted molar refractivity (Wildman–Crippen MR) is 102 cm³/mol. The van der Waals surface area contributed by atoms with Crippen molar-refractivity contribution in [2.45, 2.75) is 25.3 Å². The summed E-state index contributed by atoms with van der Waals surface area (Å²) in [7, 11) is 0. The Hall–Kier alpha value is -2.86. The van der Waals surface area contributed by atoms with E-state index >= 15 is 0 Å². The second-order valence-electron chi connectivity index (χ2n) is 6.88. The Balaban J connectivity index is 1.46. The number of nitrogens with one attached hydrogen (secondary N) is 1. The number of H-pyrrole nitrogens is 1. The van der Waals surface area contributed by atoms with E-state index in [0.717, 1.165) is 37.2 Å². The van der Waals surface area contributed by atoms with Gasteiger partial charge in [-0.15, -0.1) is 0 Å². The van der Waals surface area contributed by atoms with E-state index in [1.807, 2.05) is 30.3 Å². The molecule has 0 atom stereocenters. The Kier molecular flexibility index (Phi) is 5.07. The first kappa shape index (κ1) is 17.5. The lowest BCUT2D eigenvalue weighted by molar-refractivity contribution is 0.201. The van der Waals surface area contributed by atoms with Crippen molar-refractivity contribution in [1.29, 1.82) is 0 Å². The highest BCUT2D eigenvalue weighted by molar-refractivity contribution is 5.48. The van der Waals surface area contributed by atoms with Gasteiger partial charge in [0, 0.05) is 30.3 Å². The fourth-order valence-corrected chi connectivity index (χ4v) is 3.56. The van der Waals surface area contributed by atoms with Crippen molar-refractivity contribution in [1.82, 2.24) is 19.9 Å². The van der Waals surface area contributed by atoms with Crippen molar-refractivity contribution < 1.29 is 4.39 Å². The van der Waals surface area contributed by atoms with Crippen molar-refractivity contribution in [3.8, 4) is 11.5 Å². The van der Waals surface area contributed by atoms with Crippen LogP contribution in [-0.4, -0.2) is 32.9 Å². The van der Waals surface area contributed by atoms with Crippen LogP contribution in [-0.2, 0) is 6.54 Å². The van der Waals surface area contributed by atoms with Gasteiger partial charge in [0.1, 0.15) is 11.5 Å². The van der Waals surface area contributed by atoms with Crippen LogP contribution < -0.4 is 5.56 Å². The standard InChI is InChI=1S/C21H21FN4O/c22-17-6-2-1-5-16(17)14-26-11-8-15(9-12-26)19-13-20(27)25-21(24-19)18-7-3-4-10-23-18/h1-7,10,13,15H,8-9,11-12,14H2,(H,24,25,27). The molecule has 138 valence electrons. The summed E-state index contributed by atoms with van der Waals surface area (Å²) in [5, 5.41) is 0. The Bertz CT molecular complexity index is 965. The van der Waals surface area contributed by atoms with Crippen molar-refractivity contribution in [2.75, 3.05) is 13.1 Å². The molecule has 2 aromatic heterocycles. The molecule has 1 aliphatic rings. The van der Waals surface area contributed by atoms with Gasteiger partial charge in [-0.3, -0.25) is 14.7 Å². The highest BCUT2D eigenvalue weighted by Crippen LogP contribution is 2.28. The van der Waals surface area contributed by atoms with Gasteiger partial charge in [0.05, 0.1) is 5.69 Å². The minimum Gasteiger partial charge on any atom is -0.305 e. The fourth-order valence-electron chi connectivity index (χ4n) is 3.56. The second-order valence-corrected chi connectivity index (χ2v) is 6.88. The zero-order valence-electron chi connectivity index (χ0n) is 14.9. The molecule has 5 nitrogen and oxygen atoms in total. The van der Waals surface area contributed by atoms with Crippen molar-refractivity contribution in [3.63, 3.8) is 0 Å². The smallest absolute Gasteiger partial charge is 0.251 e. The van der Waals surface area contributed by atoms with Crippen LogP contribution in [0.3, 0.4) is 0 Å². The molecule has 0 amide bonds. The van der Waals surface area contributed by atoms with E-state index in [9.17, 15) is 9.18 Å². The molecule has 0 unspecified atom stereocenters. The second kappa shape index (κ2) is 7.80. The van der Waals surface area contributed by atoms with Crippen LogP contribution >= 0.6 is 0 Å². The van der Waals surface area contributed by atoms with Gasteiger partial charge in [-0.05, 0) is 44.1 Å². The third kappa shape index (κ3) is 4.11. The van der Waals surface area contributed by atoms with Crippen molar-refractivity contribution in [2.24, 2.45) is 0 Å². The maximum Gasteiger partial charge on any atom is 0.251 e. The summed E-state index contributed by atoms with van der Waals surface area (Å²) in [6.07, 6.45) is 3.47. The summed E-state index contributed by atoms with van der Waals surface area (Å²) < 4.78 is 13.9. The van der Waals surface area contributed by atoms with Crippen LogP contribution in [0.25, 0.3) is 11.5 Å². The first-order valence-electron chi connectivity index (χ1n) is 9.17. The number of halogens is 1. The number of likely N-dealkylation sites (tertiary alicyclic amines) is 1. The van der Waals surface area contributed by atoms with E-state index in [-0.39, 0.29) is 17.3 Å². The third-order valence-corrected chi connectivity index (χ3v) is 5.03. The molecule has 6 heteroatoms. The molecule has 0 aliphatic carbocycles. The Morgan fingerprint density at radius 2 is 1.89 bits per heavy atom. The summed E-state index contributed by atoms with van der Waals surface area (Å²) >= 11 is 0. The van der Waals surface area contributed by atoms with Gasteiger partial charge in [-0.25, -0.2) is 9.37 Å². The van der Waals surface area contributed by atoms with Gasteiger partial charge in [-0.2, -0.15) is 0 Å². The molecule has 3 aromatic rings. The minimum atomic E-state index is -0.158. The maximum atomic E-state index is 13.9. The van der Waals surface area contributed by atoms with E-state index in [2.05, 4.69) is 19.9 Å². The number of hydrogen-bond acceptors (Lipinski definition) is 4. The molecule has 27 heavy (non-hydrogen) atoms. The van der Waals surface area contributed by atoms with Gasteiger partial charge in [0.25, 0.3) is 5.56 Å². The number of benzene rings is 1. The minimum absolute atomic E-state index is 0.157. The number of piperidine rings is 1. The number of aromatic amines is 1. The molecule has 3 heterocycles. The maximum absolute atomic E-state index is 13.9. The largest absolute Gasteiger partial charge is 0.305 e. The number of nitrogens with zero attached hydrogens (tertiary/aromatic N) is 3. The summed E-state index contributed by atoms with van der Waals surface area (Å²) in [6.45, 7) is 2.32.